The molecule has 0 amide bonds. The Labute approximate surface area is 123 Å². The number of nitrogens with one attached hydrogen (secondary N) is 1. The van der Waals surface area contributed by atoms with Gasteiger partial charge in [-0.25, -0.2) is 0 Å². The minimum Gasteiger partial charge on any atom is -0.481 e. The number of Topliss-reactive ketones (excluding diaryl/α,β-unsaturated/α-hetero) is 1. The van der Waals surface area contributed by atoms with Crippen molar-refractivity contribution in [2.24, 2.45) is 11.1 Å². The molecule has 0 spiro atoms. The van der Waals surface area contributed by atoms with Gasteiger partial charge in [0.1, 0.15) is 0 Å². The summed E-state index contributed by atoms with van der Waals surface area (Å²) >= 11 is 0. The highest BCUT2D eigenvalue weighted by Gasteiger charge is 2.32. The highest BCUT2D eigenvalue weighted by atomic mass is 16.4. The maximum atomic E-state index is 12.1. The van der Waals surface area contributed by atoms with Crippen molar-refractivity contribution in [2.45, 2.75) is 32.7 Å². The molecule has 0 fully saturated rings. The number of H-pyrrole nitrogens is 1. The van der Waals surface area contributed by atoms with E-state index in [1.54, 1.807) is 0 Å². The number of rotatable bonds is 6. The Balaban J connectivity index is 2.09. The molecule has 0 aliphatic carbocycles. The van der Waals surface area contributed by atoms with Gasteiger partial charge in [0.2, 0.25) is 0 Å². The Bertz CT molecular complexity index is 673. The molecule has 1 aromatic heterocycles. The maximum absolute atomic E-state index is 12.1. The van der Waals surface area contributed by atoms with E-state index < -0.39 is 17.4 Å². The molecule has 0 bridgehead atoms. The van der Waals surface area contributed by atoms with Crippen molar-refractivity contribution in [3.8, 4) is 0 Å². The summed E-state index contributed by atoms with van der Waals surface area (Å²) in [5.41, 5.74) is 6.83. The molecule has 1 heterocycles. The Morgan fingerprint density at radius 2 is 2.00 bits per heavy atom. The van der Waals surface area contributed by atoms with E-state index >= 15 is 0 Å². The third-order valence-corrected chi connectivity index (χ3v) is 3.72. The number of aromatic nitrogens is 1. The van der Waals surface area contributed by atoms with Crippen LogP contribution in [-0.2, 0) is 16.0 Å². The average molecular weight is 288 g/mol. The molecular formula is C16H20N2O3. The predicted octanol–water partition coefficient (Wildman–Crippen LogP) is 2.11. The van der Waals surface area contributed by atoms with Crippen LogP contribution in [0, 0.1) is 5.41 Å². The van der Waals surface area contributed by atoms with Crippen LogP contribution in [0.4, 0.5) is 0 Å². The van der Waals surface area contributed by atoms with E-state index in [1.165, 1.54) is 13.8 Å². The fourth-order valence-corrected chi connectivity index (χ4v) is 2.29. The van der Waals surface area contributed by atoms with Crippen LogP contribution in [-0.4, -0.2) is 27.9 Å². The van der Waals surface area contributed by atoms with Crippen molar-refractivity contribution in [3.05, 3.63) is 36.0 Å². The molecule has 0 aliphatic rings. The normalized spacial score (nSPS) is 13.3. The van der Waals surface area contributed by atoms with E-state index in [2.05, 4.69) is 4.98 Å². The summed E-state index contributed by atoms with van der Waals surface area (Å²) in [6.07, 6.45) is 2.19. The number of aliphatic carboxylic acids is 1. The largest absolute Gasteiger partial charge is 0.481 e. The molecule has 0 saturated heterocycles. The van der Waals surface area contributed by atoms with E-state index in [0.29, 0.717) is 6.42 Å². The number of ketones is 1. The second-order valence-electron chi connectivity index (χ2n) is 6.00. The Morgan fingerprint density at radius 3 is 2.67 bits per heavy atom. The molecule has 21 heavy (non-hydrogen) atoms. The summed E-state index contributed by atoms with van der Waals surface area (Å²) in [7, 11) is 0. The van der Waals surface area contributed by atoms with Crippen LogP contribution in [0.3, 0.4) is 0 Å². The van der Waals surface area contributed by atoms with E-state index in [4.69, 9.17) is 10.8 Å². The van der Waals surface area contributed by atoms with Gasteiger partial charge in [-0.15, -0.1) is 0 Å². The number of para-hydroxylation sites is 1. The first kappa shape index (κ1) is 15.3. The molecule has 0 saturated carbocycles. The van der Waals surface area contributed by atoms with Crippen LogP contribution in [0.1, 0.15) is 25.8 Å². The first-order valence-corrected chi connectivity index (χ1v) is 6.88. The van der Waals surface area contributed by atoms with Crippen molar-refractivity contribution in [2.75, 3.05) is 0 Å². The second kappa shape index (κ2) is 5.69. The lowest BCUT2D eigenvalue weighted by atomic mass is 9.85. The first-order valence-electron chi connectivity index (χ1n) is 6.88. The number of carbonyl (C=O) groups excluding carboxylic acids is 1. The monoisotopic (exact) mass is 288 g/mol. The Kier molecular flexibility index (Phi) is 4.14. The number of fused-ring (bicyclic) bond motifs is 1. The van der Waals surface area contributed by atoms with Crippen LogP contribution in [0.5, 0.6) is 0 Å². The number of hydrogen-bond acceptors (Lipinski definition) is 3. The summed E-state index contributed by atoms with van der Waals surface area (Å²) in [4.78, 5) is 26.3. The minimum atomic E-state index is -1.09. The highest BCUT2D eigenvalue weighted by Crippen LogP contribution is 2.23. The molecule has 112 valence electrons. The SMILES string of the molecule is CC(C)(CC(=O)[C@H](N)Cc1c[nH]c2ccccc12)C(=O)O. The number of carboxylic acids is 1. The summed E-state index contributed by atoms with van der Waals surface area (Å²) in [5, 5.41) is 10.1. The topological polar surface area (TPSA) is 96.2 Å². The third kappa shape index (κ3) is 3.31. The van der Waals surface area contributed by atoms with Gasteiger partial charge in [-0.2, -0.15) is 0 Å². The van der Waals surface area contributed by atoms with Crippen molar-refractivity contribution in [1.29, 1.82) is 0 Å². The van der Waals surface area contributed by atoms with Crippen molar-refractivity contribution in [1.82, 2.24) is 4.98 Å². The van der Waals surface area contributed by atoms with Crippen LogP contribution in [0.25, 0.3) is 10.9 Å². The Morgan fingerprint density at radius 1 is 1.33 bits per heavy atom. The average Bonchev–Trinajstić information content (AvgIpc) is 2.81. The van der Waals surface area contributed by atoms with Crippen molar-refractivity contribution < 1.29 is 14.7 Å². The zero-order valence-corrected chi connectivity index (χ0v) is 12.2. The maximum Gasteiger partial charge on any atom is 0.309 e. The lowest BCUT2D eigenvalue weighted by Gasteiger charge is -2.20. The van der Waals surface area contributed by atoms with Gasteiger partial charge >= 0.3 is 5.97 Å². The molecule has 5 heteroatoms. The molecule has 4 N–H and O–H groups in total. The van der Waals surface area contributed by atoms with Crippen molar-refractivity contribution >= 4 is 22.7 Å². The van der Waals surface area contributed by atoms with Gasteiger partial charge in [0.25, 0.3) is 0 Å². The molecule has 0 unspecified atom stereocenters. The number of carboxylic acid groups (broad SMARTS) is 1. The molecule has 2 aromatic rings. The third-order valence-electron chi connectivity index (χ3n) is 3.72. The molecule has 2 rings (SSSR count). The molecule has 1 atom stereocenters. The van der Waals surface area contributed by atoms with Gasteiger partial charge in [0.15, 0.2) is 5.78 Å². The van der Waals surface area contributed by atoms with E-state index in [9.17, 15) is 9.59 Å². The zero-order valence-electron chi connectivity index (χ0n) is 12.2. The predicted molar refractivity (Wildman–Crippen MR) is 81.0 cm³/mol. The molecular weight excluding hydrogens is 268 g/mol. The van der Waals surface area contributed by atoms with Gasteiger partial charge in [0.05, 0.1) is 11.5 Å². The number of aromatic amines is 1. The summed E-state index contributed by atoms with van der Waals surface area (Å²) in [6.45, 7) is 3.07. The van der Waals surface area contributed by atoms with Gasteiger partial charge in [-0.05, 0) is 31.9 Å². The van der Waals surface area contributed by atoms with Gasteiger partial charge < -0.3 is 15.8 Å². The fraction of sp³-hybridized carbons (Fsp3) is 0.375. The van der Waals surface area contributed by atoms with Crippen LogP contribution < -0.4 is 5.73 Å². The summed E-state index contributed by atoms with van der Waals surface area (Å²) in [6, 6.07) is 7.10. The molecule has 0 radical (unpaired) electrons. The molecule has 1 aromatic carbocycles. The van der Waals surface area contributed by atoms with Crippen LogP contribution in [0.15, 0.2) is 30.5 Å². The number of nitrogens with two attached hydrogens (primary N) is 1. The van der Waals surface area contributed by atoms with Gasteiger partial charge in [0, 0.05) is 23.5 Å². The zero-order chi connectivity index (χ0) is 15.6. The summed E-state index contributed by atoms with van der Waals surface area (Å²) < 4.78 is 0. The second-order valence-corrected chi connectivity index (χ2v) is 6.00. The quantitative estimate of drug-likeness (QED) is 0.758. The Hall–Kier alpha value is -2.14. The van der Waals surface area contributed by atoms with Crippen LogP contribution >= 0.6 is 0 Å². The van der Waals surface area contributed by atoms with E-state index in [0.717, 1.165) is 16.5 Å². The fourth-order valence-electron chi connectivity index (χ4n) is 2.29. The van der Waals surface area contributed by atoms with Crippen LogP contribution in [0.2, 0.25) is 0 Å². The molecule has 5 nitrogen and oxygen atoms in total. The van der Waals surface area contributed by atoms with Gasteiger partial charge in [-0.3, -0.25) is 9.59 Å². The molecule has 0 aliphatic heterocycles. The highest BCUT2D eigenvalue weighted by molar-refractivity contribution is 5.90. The van der Waals surface area contributed by atoms with E-state index in [1.807, 2.05) is 30.5 Å². The summed E-state index contributed by atoms with van der Waals surface area (Å²) in [5.74, 6) is -1.22. The minimum absolute atomic E-state index is 0.0636. The van der Waals surface area contributed by atoms with Crippen molar-refractivity contribution in [3.63, 3.8) is 0 Å². The smallest absolute Gasteiger partial charge is 0.309 e. The lowest BCUT2D eigenvalue weighted by Crippen LogP contribution is -2.37. The lowest BCUT2D eigenvalue weighted by molar-refractivity contribution is -0.149. The standard InChI is InChI=1S/C16H20N2O3/c1-16(2,15(20)21)8-14(19)12(17)7-10-9-18-13-6-4-3-5-11(10)13/h3-6,9,12,18H,7-8,17H2,1-2H3,(H,20,21)/t12-/m1/s1. The van der Waals surface area contributed by atoms with Gasteiger partial charge in [-0.1, -0.05) is 18.2 Å². The number of carbonyl (C=O) groups is 2. The first-order chi connectivity index (χ1) is 9.81. The van der Waals surface area contributed by atoms with E-state index in [-0.39, 0.29) is 12.2 Å². The number of hydrogen-bond donors (Lipinski definition) is 3. The number of benzene rings is 1.